The first-order valence-corrected chi connectivity index (χ1v) is 9.88. The number of hydrogen-bond donors (Lipinski definition) is 0. The minimum absolute atomic E-state index is 0.146. The van der Waals surface area contributed by atoms with E-state index in [0.29, 0.717) is 11.4 Å². The Kier molecular flexibility index (Phi) is 5.70. The Morgan fingerprint density at radius 3 is 2.24 bits per heavy atom. The monoisotopic (exact) mass is 389 g/mol. The predicted octanol–water partition coefficient (Wildman–Crippen LogP) is 3.71. The van der Waals surface area contributed by atoms with E-state index in [0.717, 1.165) is 43.6 Å². The Morgan fingerprint density at radius 1 is 0.897 bits per heavy atom. The van der Waals surface area contributed by atoms with E-state index in [2.05, 4.69) is 5.10 Å². The molecule has 1 fully saturated rings. The van der Waals surface area contributed by atoms with E-state index in [1.807, 2.05) is 60.7 Å². The molecule has 1 aliphatic heterocycles. The van der Waals surface area contributed by atoms with E-state index in [1.165, 1.54) is 0 Å². The zero-order valence-electron chi connectivity index (χ0n) is 16.2. The summed E-state index contributed by atoms with van der Waals surface area (Å²) in [4.78, 5) is 26.9. The van der Waals surface area contributed by atoms with Gasteiger partial charge in [-0.1, -0.05) is 48.5 Å². The lowest BCUT2D eigenvalue weighted by Gasteiger charge is -2.26. The first kappa shape index (κ1) is 18.9. The third-order valence-corrected chi connectivity index (χ3v) is 5.02. The summed E-state index contributed by atoms with van der Waals surface area (Å²) in [6.07, 6.45) is 3.14. The van der Waals surface area contributed by atoms with Crippen LogP contribution in [0.4, 0.5) is 0 Å². The lowest BCUT2D eigenvalue weighted by atomic mass is 10.1. The summed E-state index contributed by atoms with van der Waals surface area (Å²) in [7, 11) is 0. The van der Waals surface area contributed by atoms with E-state index in [1.54, 1.807) is 15.6 Å². The van der Waals surface area contributed by atoms with Gasteiger partial charge >= 0.3 is 5.97 Å². The summed E-state index contributed by atoms with van der Waals surface area (Å²) in [6, 6.07) is 20.8. The van der Waals surface area contributed by atoms with Crippen molar-refractivity contribution < 1.29 is 14.3 Å². The van der Waals surface area contributed by atoms with Crippen molar-refractivity contribution in [2.75, 3.05) is 19.7 Å². The zero-order valence-corrected chi connectivity index (χ0v) is 16.2. The molecule has 1 amide bonds. The van der Waals surface area contributed by atoms with Gasteiger partial charge in [0, 0.05) is 18.7 Å². The van der Waals surface area contributed by atoms with E-state index < -0.39 is 5.97 Å². The van der Waals surface area contributed by atoms with Crippen molar-refractivity contribution in [1.29, 1.82) is 0 Å². The summed E-state index contributed by atoms with van der Waals surface area (Å²) < 4.78 is 6.93. The van der Waals surface area contributed by atoms with Crippen LogP contribution in [0.25, 0.3) is 16.9 Å². The van der Waals surface area contributed by atoms with E-state index in [4.69, 9.17) is 4.74 Å². The van der Waals surface area contributed by atoms with Crippen LogP contribution < -0.4 is 0 Å². The number of amides is 1. The zero-order chi connectivity index (χ0) is 20.1. The molecule has 29 heavy (non-hydrogen) atoms. The highest BCUT2D eigenvalue weighted by molar-refractivity contribution is 5.91. The average molecular weight is 389 g/mol. The number of hydrogen-bond acceptors (Lipinski definition) is 4. The summed E-state index contributed by atoms with van der Waals surface area (Å²) in [5.74, 6) is -0.707. The molecular weight excluding hydrogens is 366 g/mol. The molecule has 0 radical (unpaired) electrons. The maximum atomic E-state index is 12.8. The van der Waals surface area contributed by atoms with Crippen molar-refractivity contribution in [2.45, 2.75) is 19.3 Å². The predicted molar refractivity (Wildman–Crippen MR) is 110 cm³/mol. The second kappa shape index (κ2) is 8.73. The summed E-state index contributed by atoms with van der Waals surface area (Å²) >= 11 is 0. The quantitative estimate of drug-likeness (QED) is 0.624. The van der Waals surface area contributed by atoms with Crippen LogP contribution in [-0.4, -0.2) is 46.3 Å². The smallest absolute Gasteiger partial charge is 0.357 e. The molecule has 1 saturated heterocycles. The molecule has 1 aliphatic rings. The van der Waals surface area contributed by atoms with E-state index in [-0.39, 0.29) is 12.5 Å². The van der Waals surface area contributed by atoms with Crippen molar-refractivity contribution in [3.8, 4) is 16.9 Å². The van der Waals surface area contributed by atoms with Crippen LogP contribution in [0.1, 0.15) is 29.8 Å². The van der Waals surface area contributed by atoms with Crippen molar-refractivity contribution in [3.05, 3.63) is 72.4 Å². The number of carbonyl (C=O) groups excluding carboxylic acids is 2. The number of carbonyl (C=O) groups is 2. The number of ether oxygens (including phenoxy) is 1. The summed E-state index contributed by atoms with van der Waals surface area (Å²) in [5, 5.41) is 4.61. The molecule has 3 aromatic rings. The average Bonchev–Trinajstić information content (AvgIpc) is 3.25. The number of aromatic nitrogens is 2. The van der Waals surface area contributed by atoms with Gasteiger partial charge in [0.15, 0.2) is 12.3 Å². The molecule has 0 bridgehead atoms. The van der Waals surface area contributed by atoms with Crippen LogP contribution in [0.3, 0.4) is 0 Å². The minimum Gasteiger partial charge on any atom is -0.451 e. The molecule has 0 atom stereocenters. The van der Waals surface area contributed by atoms with Gasteiger partial charge in [-0.25, -0.2) is 9.48 Å². The second-order valence-corrected chi connectivity index (χ2v) is 7.05. The molecule has 4 rings (SSSR count). The number of esters is 1. The molecule has 148 valence electrons. The van der Waals surface area contributed by atoms with Crippen molar-refractivity contribution in [1.82, 2.24) is 14.7 Å². The third kappa shape index (κ3) is 4.37. The molecule has 0 N–H and O–H groups in total. The lowest BCUT2D eigenvalue weighted by molar-refractivity contribution is -0.135. The number of benzene rings is 2. The summed E-state index contributed by atoms with van der Waals surface area (Å²) in [5.41, 5.74) is 2.62. The normalized spacial score (nSPS) is 13.9. The topological polar surface area (TPSA) is 64.4 Å². The van der Waals surface area contributed by atoms with Crippen molar-refractivity contribution in [2.24, 2.45) is 0 Å². The SMILES string of the molecule is O=C(OCC(=O)N1CCCCC1)c1cc(-c2ccccc2)nn1-c1ccccc1. The van der Waals surface area contributed by atoms with Crippen molar-refractivity contribution in [3.63, 3.8) is 0 Å². The van der Waals surface area contributed by atoms with Gasteiger partial charge < -0.3 is 9.64 Å². The standard InChI is InChI=1S/C23H23N3O3/c27-22(25-14-8-3-9-15-25)17-29-23(28)21-16-20(18-10-4-1-5-11-18)24-26(21)19-12-6-2-7-13-19/h1-2,4-7,10-13,16H,3,8-9,14-15,17H2. The Bertz CT molecular complexity index is 977. The first-order valence-electron chi connectivity index (χ1n) is 9.88. The highest BCUT2D eigenvalue weighted by atomic mass is 16.5. The highest BCUT2D eigenvalue weighted by Gasteiger charge is 2.22. The molecular formula is C23H23N3O3. The molecule has 1 aromatic heterocycles. The Morgan fingerprint density at radius 2 is 1.55 bits per heavy atom. The van der Waals surface area contributed by atoms with E-state index >= 15 is 0 Å². The second-order valence-electron chi connectivity index (χ2n) is 7.05. The third-order valence-electron chi connectivity index (χ3n) is 5.02. The van der Waals surface area contributed by atoms with Crippen LogP contribution in [0.5, 0.6) is 0 Å². The molecule has 6 heteroatoms. The van der Waals surface area contributed by atoms with Gasteiger partial charge in [-0.2, -0.15) is 5.10 Å². The van der Waals surface area contributed by atoms with Gasteiger partial charge in [0.05, 0.1) is 11.4 Å². The number of nitrogens with zero attached hydrogens (tertiary/aromatic N) is 3. The number of para-hydroxylation sites is 1. The van der Waals surface area contributed by atoms with Gasteiger partial charge in [-0.05, 0) is 37.5 Å². The molecule has 0 aliphatic carbocycles. The molecule has 0 unspecified atom stereocenters. The van der Waals surface area contributed by atoms with Crippen LogP contribution in [0, 0.1) is 0 Å². The molecule has 2 aromatic carbocycles. The fraction of sp³-hybridized carbons (Fsp3) is 0.261. The Hall–Kier alpha value is -3.41. The van der Waals surface area contributed by atoms with Crippen LogP contribution in [0.15, 0.2) is 66.7 Å². The van der Waals surface area contributed by atoms with Gasteiger partial charge in [-0.3, -0.25) is 4.79 Å². The minimum atomic E-state index is -0.561. The van der Waals surface area contributed by atoms with Crippen LogP contribution in [-0.2, 0) is 9.53 Å². The molecule has 0 saturated carbocycles. The fourth-order valence-corrected chi connectivity index (χ4v) is 3.48. The molecule has 2 heterocycles. The van der Waals surface area contributed by atoms with Crippen molar-refractivity contribution >= 4 is 11.9 Å². The van der Waals surface area contributed by atoms with Gasteiger partial charge in [0.1, 0.15) is 0 Å². The van der Waals surface area contributed by atoms with Crippen LogP contribution >= 0.6 is 0 Å². The van der Waals surface area contributed by atoms with Crippen LogP contribution in [0.2, 0.25) is 0 Å². The number of piperidine rings is 1. The molecule has 6 nitrogen and oxygen atoms in total. The van der Waals surface area contributed by atoms with Gasteiger partial charge in [0.2, 0.25) is 0 Å². The summed E-state index contributed by atoms with van der Waals surface area (Å²) in [6.45, 7) is 1.21. The largest absolute Gasteiger partial charge is 0.451 e. The Labute approximate surface area is 169 Å². The van der Waals surface area contributed by atoms with Gasteiger partial charge in [0.25, 0.3) is 5.91 Å². The Balaban J connectivity index is 1.57. The first-order chi connectivity index (χ1) is 14.2. The molecule has 0 spiro atoms. The lowest BCUT2D eigenvalue weighted by Crippen LogP contribution is -2.38. The van der Waals surface area contributed by atoms with E-state index in [9.17, 15) is 9.59 Å². The fourth-order valence-electron chi connectivity index (χ4n) is 3.48. The van der Waals surface area contributed by atoms with Gasteiger partial charge in [-0.15, -0.1) is 0 Å². The maximum absolute atomic E-state index is 12.8. The maximum Gasteiger partial charge on any atom is 0.357 e. The number of rotatable bonds is 5. The number of likely N-dealkylation sites (tertiary alicyclic amines) is 1. The highest BCUT2D eigenvalue weighted by Crippen LogP contribution is 2.22.